The highest BCUT2D eigenvalue weighted by Crippen LogP contribution is 2.14. The van der Waals surface area contributed by atoms with E-state index in [1.807, 2.05) is 9.95 Å². The SMILES string of the molecule is COCCn1c(-c2csnn2)n[nH]c1=S. The van der Waals surface area contributed by atoms with Crippen LogP contribution < -0.4 is 0 Å². The molecule has 0 saturated carbocycles. The van der Waals surface area contributed by atoms with Gasteiger partial charge in [-0.15, -0.1) is 5.10 Å². The monoisotopic (exact) mass is 243 g/mol. The molecule has 8 heteroatoms. The van der Waals surface area contributed by atoms with Gasteiger partial charge in [0.05, 0.1) is 13.2 Å². The molecule has 15 heavy (non-hydrogen) atoms. The Morgan fingerprint density at radius 2 is 2.53 bits per heavy atom. The van der Waals surface area contributed by atoms with Crippen LogP contribution in [-0.2, 0) is 11.3 Å². The Morgan fingerprint density at radius 1 is 1.67 bits per heavy atom. The standard InChI is InChI=1S/C7H9N5OS2/c1-13-3-2-12-6(9-10-7(12)14)5-4-15-11-8-5/h4H,2-3H2,1H3,(H,10,14). The molecule has 0 aliphatic carbocycles. The zero-order chi connectivity index (χ0) is 10.7. The molecule has 0 aliphatic heterocycles. The summed E-state index contributed by atoms with van der Waals surface area (Å²) >= 11 is 6.39. The van der Waals surface area contributed by atoms with Gasteiger partial charge in [0.15, 0.2) is 10.6 Å². The van der Waals surface area contributed by atoms with E-state index in [0.29, 0.717) is 23.7 Å². The molecule has 0 aromatic carbocycles. The molecule has 0 aliphatic rings. The normalized spacial score (nSPS) is 10.7. The van der Waals surface area contributed by atoms with Crippen molar-refractivity contribution >= 4 is 23.8 Å². The molecule has 0 unspecified atom stereocenters. The predicted molar refractivity (Wildman–Crippen MR) is 58.2 cm³/mol. The van der Waals surface area contributed by atoms with E-state index in [1.54, 1.807) is 7.11 Å². The summed E-state index contributed by atoms with van der Waals surface area (Å²) in [6, 6.07) is 0. The minimum absolute atomic E-state index is 0.565. The van der Waals surface area contributed by atoms with Crippen molar-refractivity contribution in [3.8, 4) is 11.5 Å². The van der Waals surface area contributed by atoms with E-state index in [4.69, 9.17) is 17.0 Å². The quantitative estimate of drug-likeness (QED) is 0.814. The van der Waals surface area contributed by atoms with Gasteiger partial charge in [0.1, 0.15) is 5.69 Å². The zero-order valence-corrected chi connectivity index (χ0v) is 9.64. The lowest BCUT2D eigenvalue weighted by Crippen LogP contribution is -2.06. The van der Waals surface area contributed by atoms with E-state index in [9.17, 15) is 0 Å². The van der Waals surface area contributed by atoms with Crippen molar-refractivity contribution in [2.75, 3.05) is 13.7 Å². The van der Waals surface area contributed by atoms with Gasteiger partial charge in [-0.2, -0.15) is 5.10 Å². The molecule has 0 spiro atoms. The van der Waals surface area contributed by atoms with Crippen LogP contribution in [-0.4, -0.2) is 38.1 Å². The first kappa shape index (κ1) is 10.4. The van der Waals surface area contributed by atoms with Gasteiger partial charge in [-0.05, 0) is 23.8 Å². The maximum atomic E-state index is 5.10. The summed E-state index contributed by atoms with van der Waals surface area (Å²) in [4.78, 5) is 0. The Labute approximate surface area is 95.1 Å². The van der Waals surface area contributed by atoms with Crippen LogP contribution in [0.1, 0.15) is 0 Å². The maximum absolute atomic E-state index is 5.10. The molecular weight excluding hydrogens is 234 g/mol. The van der Waals surface area contributed by atoms with Gasteiger partial charge in [0.25, 0.3) is 0 Å². The van der Waals surface area contributed by atoms with E-state index >= 15 is 0 Å². The molecular formula is C7H9N5OS2. The lowest BCUT2D eigenvalue weighted by molar-refractivity contribution is 0.187. The molecule has 0 radical (unpaired) electrons. The van der Waals surface area contributed by atoms with Crippen molar-refractivity contribution in [3.05, 3.63) is 10.2 Å². The van der Waals surface area contributed by atoms with Gasteiger partial charge in [-0.1, -0.05) is 4.49 Å². The highest BCUT2D eigenvalue weighted by molar-refractivity contribution is 7.71. The molecule has 80 valence electrons. The number of aromatic nitrogens is 5. The molecule has 2 rings (SSSR count). The molecule has 2 aromatic heterocycles. The summed E-state index contributed by atoms with van der Waals surface area (Å²) in [6.07, 6.45) is 0. The first-order valence-electron chi connectivity index (χ1n) is 4.24. The summed E-state index contributed by atoms with van der Waals surface area (Å²) in [7, 11) is 1.65. The average molecular weight is 243 g/mol. The van der Waals surface area contributed by atoms with Gasteiger partial charge in [-0.3, -0.25) is 9.67 Å². The molecule has 0 fully saturated rings. The van der Waals surface area contributed by atoms with Crippen LogP contribution in [0.25, 0.3) is 11.5 Å². The number of hydrogen-bond donors (Lipinski definition) is 1. The third kappa shape index (κ3) is 2.11. The number of nitrogens with zero attached hydrogens (tertiary/aromatic N) is 4. The van der Waals surface area contributed by atoms with E-state index < -0.39 is 0 Å². The fourth-order valence-electron chi connectivity index (χ4n) is 1.17. The fourth-order valence-corrected chi connectivity index (χ4v) is 1.82. The van der Waals surface area contributed by atoms with E-state index in [2.05, 4.69) is 19.8 Å². The van der Waals surface area contributed by atoms with Crippen molar-refractivity contribution in [2.45, 2.75) is 6.54 Å². The van der Waals surface area contributed by atoms with Crippen molar-refractivity contribution in [2.24, 2.45) is 0 Å². The summed E-state index contributed by atoms with van der Waals surface area (Å²) < 4.78 is 11.2. The molecule has 0 bridgehead atoms. The van der Waals surface area contributed by atoms with Gasteiger partial charge in [-0.25, -0.2) is 0 Å². The number of hydrogen-bond acceptors (Lipinski definition) is 6. The minimum Gasteiger partial charge on any atom is -0.383 e. The van der Waals surface area contributed by atoms with Gasteiger partial charge >= 0.3 is 0 Å². The fraction of sp³-hybridized carbons (Fsp3) is 0.429. The first-order chi connectivity index (χ1) is 7.33. The van der Waals surface area contributed by atoms with E-state index in [-0.39, 0.29) is 0 Å². The highest BCUT2D eigenvalue weighted by atomic mass is 32.1. The highest BCUT2D eigenvalue weighted by Gasteiger charge is 2.10. The zero-order valence-electron chi connectivity index (χ0n) is 8.01. The lowest BCUT2D eigenvalue weighted by Gasteiger charge is -2.02. The smallest absolute Gasteiger partial charge is 0.195 e. The third-order valence-corrected chi connectivity index (χ3v) is 2.68. The van der Waals surface area contributed by atoms with Crippen LogP contribution in [0.5, 0.6) is 0 Å². The van der Waals surface area contributed by atoms with Crippen LogP contribution in [0.15, 0.2) is 5.38 Å². The Morgan fingerprint density at radius 3 is 3.20 bits per heavy atom. The van der Waals surface area contributed by atoms with E-state index in [0.717, 1.165) is 5.69 Å². The molecule has 1 N–H and O–H groups in total. The summed E-state index contributed by atoms with van der Waals surface area (Å²) in [5, 5.41) is 12.6. The molecule has 2 heterocycles. The maximum Gasteiger partial charge on any atom is 0.195 e. The number of rotatable bonds is 4. The number of aromatic amines is 1. The Balaban J connectivity index is 2.36. The number of nitrogens with one attached hydrogen (secondary N) is 1. The molecule has 0 atom stereocenters. The van der Waals surface area contributed by atoms with Gasteiger partial charge in [0, 0.05) is 12.5 Å². The molecule has 0 amide bonds. The lowest BCUT2D eigenvalue weighted by atomic mass is 10.4. The second-order valence-electron chi connectivity index (χ2n) is 2.79. The van der Waals surface area contributed by atoms with Crippen molar-refractivity contribution in [1.29, 1.82) is 0 Å². The summed E-state index contributed by atoms with van der Waals surface area (Å²) in [5.41, 5.74) is 0.725. The number of H-pyrrole nitrogens is 1. The van der Waals surface area contributed by atoms with Crippen molar-refractivity contribution < 1.29 is 4.74 Å². The Bertz CT molecular complexity index is 474. The molecule has 2 aromatic rings. The van der Waals surface area contributed by atoms with Gasteiger partial charge in [0.2, 0.25) is 0 Å². The molecule has 6 nitrogen and oxygen atoms in total. The largest absolute Gasteiger partial charge is 0.383 e. The number of methoxy groups -OCH3 is 1. The average Bonchev–Trinajstić information content (AvgIpc) is 2.84. The van der Waals surface area contributed by atoms with Crippen LogP contribution >= 0.6 is 23.8 Å². The van der Waals surface area contributed by atoms with Crippen LogP contribution in [0.2, 0.25) is 0 Å². The summed E-state index contributed by atoms with van der Waals surface area (Å²) in [5.74, 6) is 0.700. The van der Waals surface area contributed by atoms with Gasteiger partial charge < -0.3 is 4.74 Å². The predicted octanol–water partition coefficient (Wildman–Crippen LogP) is 1.11. The first-order valence-corrected chi connectivity index (χ1v) is 5.49. The minimum atomic E-state index is 0.565. The number of ether oxygens (including phenoxy) is 1. The summed E-state index contributed by atoms with van der Waals surface area (Å²) in [6.45, 7) is 1.23. The van der Waals surface area contributed by atoms with E-state index in [1.165, 1.54) is 11.5 Å². The van der Waals surface area contributed by atoms with Crippen LogP contribution in [0.3, 0.4) is 0 Å². The Hall–Kier alpha value is -1.12. The van der Waals surface area contributed by atoms with Crippen LogP contribution in [0, 0.1) is 4.77 Å². The topological polar surface area (TPSA) is 68.6 Å². The third-order valence-electron chi connectivity index (χ3n) is 1.87. The second kappa shape index (κ2) is 4.60. The Kier molecular flexibility index (Phi) is 3.19. The second-order valence-corrected chi connectivity index (χ2v) is 3.78. The molecule has 0 saturated heterocycles. The van der Waals surface area contributed by atoms with Crippen LogP contribution in [0.4, 0.5) is 0 Å². The van der Waals surface area contributed by atoms with Crippen molar-refractivity contribution in [1.82, 2.24) is 24.4 Å². The van der Waals surface area contributed by atoms with Crippen molar-refractivity contribution in [3.63, 3.8) is 0 Å².